The van der Waals surface area contributed by atoms with Crippen LogP contribution in [0.15, 0.2) is 18.5 Å². The first-order valence-electron chi connectivity index (χ1n) is 4.80. The molecular formula is C11H16N2O. The third-order valence-corrected chi connectivity index (χ3v) is 1.89. The molecule has 3 nitrogen and oxygen atoms in total. The Hall–Kier alpha value is -1.38. The molecule has 1 aromatic rings. The second-order valence-corrected chi connectivity index (χ2v) is 3.84. The monoisotopic (exact) mass is 192 g/mol. The van der Waals surface area contributed by atoms with Crippen molar-refractivity contribution >= 4 is 11.6 Å². The minimum atomic E-state index is 0.0642. The van der Waals surface area contributed by atoms with Gasteiger partial charge < -0.3 is 5.32 Å². The summed E-state index contributed by atoms with van der Waals surface area (Å²) in [5, 5.41) is 2.86. The van der Waals surface area contributed by atoms with Crippen molar-refractivity contribution in [3.8, 4) is 0 Å². The number of amides is 1. The predicted octanol–water partition coefficient (Wildman–Crippen LogP) is 2.37. The first-order valence-corrected chi connectivity index (χ1v) is 4.80. The number of nitrogens with one attached hydrogen (secondary N) is 1. The quantitative estimate of drug-likeness (QED) is 0.798. The largest absolute Gasteiger partial charge is 0.326 e. The summed E-state index contributed by atoms with van der Waals surface area (Å²) in [5.74, 6) is 0.450. The molecule has 1 aromatic heterocycles. The van der Waals surface area contributed by atoms with Crippen molar-refractivity contribution in [3.05, 3.63) is 24.0 Å². The summed E-state index contributed by atoms with van der Waals surface area (Å²) < 4.78 is 0. The fraction of sp³-hybridized carbons (Fsp3) is 0.455. The Bertz CT molecular complexity index is 321. The normalized spacial score (nSPS) is 10.3. The SMILES string of the molecule is Cc1cnccc1NC(=O)CC(C)C. The van der Waals surface area contributed by atoms with Gasteiger partial charge in [0.2, 0.25) is 5.91 Å². The number of rotatable bonds is 3. The van der Waals surface area contributed by atoms with Gasteiger partial charge in [-0.2, -0.15) is 0 Å². The van der Waals surface area contributed by atoms with Crippen LogP contribution in [0.1, 0.15) is 25.8 Å². The van der Waals surface area contributed by atoms with E-state index in [4.69, 9.17) is 0 Å². The molecule has 0 atom stereocenters. The van der Waals surface area contributed by atoms with Crippen molar-refractivity contribution in [3.63, 3.8) is 0 Å². The molecule has 3 heteroatoms. The number of carbonyl (C=O) groups excluding carboxylic acids is 1. The molecule has 1 rings (SSSR count). The van der Waals surface area contributed by atoms with Gasteiger partial charge in [0.15, 0.2) is 0 Å². The molecular weight excluding hydrogens is 176 g/mol. The van der Waals surface area contributed by atoms with E-state index >= 15 is 0 Å². The van der Waals surface area contributed by atoms with Gasteiger partial charge in [0.05, 0.1) is 0 Å². The predicted molar refractivity (Wildman–Crippen MR) is 57.1 cm³/mol. The van der Waals surface area contributed by atoms with Crippen LogP contribution < -0.4 is 5.32 Å². The number of anilines is 1. The molecule has 0 aliphatic rings. The maximum Gasteiger partial charge on any atom is 0.224 e. The molecule has 0 radical (unpaired) electrons. The highest BCUT2D eigenvalue weighted by Crippen LogP contribution is 2.12. The van der Waals surface area contributed by atoms with Crippen molar-refractivity contribution in [2.75, 3.05) is 5.32 Å². The van der Waals surface area contributed by atoms with Crippen molar-refractivity contribution in [1.29, 1.82) is 0 Å². The molecule has 0 aromatic carbocycles. The zero-order chi connectivity index (χ0) is 10.6. The maximum atomic E-state index is 11.4. The van der Waals surface area contributed by atoms with Crippen LogP contribution >= 0.6 is 0 Å². The van der Waals surface area contributed by atoms with Gasteiger partial charge >= 0.3 is 0 Å². The molecule has 0 spiro atoms. The van der Waals surface area contributed by atoms with Crippen LogP contribution in [0.4, 0.5) is 5.69 Å². The topological polar surface area (TPSA) is 42.0 Å². The summed E-state index contributed by atoms with van der Waals surface area (Å²) in [5.41, 5.74) is 1.84. The van der Waals surface area contributed by atoms with Crippen molar-refractivity contribution in [2.24, 2.45) is 5.92 Å². The zero-order valence-electron chi connectivity index (χ0n) is 8.87. The van der Waals surface area contributed by atoms with Crippen molar-refractivity contribution < 1.29 is 4.79 Å². The highest BCUT2D eigenvalue weighted by Gasteiger charge is 2.06. The number of aromatic nitrogens is 1. The van der Waals surface area contributed by atoms with Crippen molar-refractivity contribution in [2.45, 2.75) is 27.2 Å². The summed E-state index contributed by atoms with van der Waals surface area (Å²) in [6.07, 6.45) is 3.98. The van der Waals surface area contributed by atoms with Crippen LogP contribution in [0.3, 0.4) is 0 Å². The molecule has 0 fully saturated rings. The number of aryl methyl sites for hydroxylation is 1. The lowest BCUT2D eigenvalue weighted by Gasteiger charge is -2.08. The molecule has 0 bridgehead atoms. The first-order chi connectivity index (χ1) is 6.59. The van der Waals surface area contributed by atoms with E-state index in [1.54, 1.807) is 12.4 Å². The van der Waals surface area contributed by atoms with Gasteiger partial charge in [-0.25, -0.2) is 0 Å². The molecule has 0 aliphatic heterocycles. The van der Waals surface area contributed by atoms with Crippen LogP contribution in [0.25, 0.3) is 0 Å². The van der Waals surface area contributed by atoms with Crippen LogP contribution in [0.5, 0.6) is 0 Å². The fourth-order valence-corrected chi connectivity index (χ4v) is 1.19. The van der Waals surface area contributed by atoms with Crippen LogP contribution in [-0.2, 0) is 4.79 Å². The standard InChI is InChI=1S/C11H16N2O/c1-8(2)6-11(14)13-10-4-5-12-7-9(10)3/h4-5,7-8H,6H2,1-3H3,(H,12,13,14). The Morgan fingerprint density at radius 2 is 2.29 bits per heavy atom. The molecule has 1 amide bonds. The van der Waals surface area contributed by atoms with E-state index in [2.05, 4.69) is 10.3 Å². The second kappa shape index (κ2) is 4.74. The Balaban J connectivity index is 2.61. The van der Waals surface area contributed by atoms with Gasteiger partial charge in [0.1, 0.15) is 0 Å². The molecule has 1 heterocycles. The van der Waals surface area contributed by atoms with E-state index in [1.165, 1.54) is 0 Å². The smallest absolute Gasteiger partial charge is 0.224 e. The van der Waals surface area contributed by atoms with Gasteiger partial charge in [-0.15, -0.1) is 0 Å². The molecule has 0 saturated heterocycles. The summed E-state index contributed by atoms with van der Waals surface area (Å²) in [7, 11) is 0. The molecule has 14 heavy (non-hydrogen) atoms. The van der Waals surface area contributed by atoms with Crippen LogP contribution in [0.2, 0.25) is 0 Å². The number of nitrogens with zero attached hydrogens (tertiary/aromatic N) is 1. The minimum Gasteiger partial charge on any atom is -0.326 e. The van der Waals surface area contributed by atoms with E-state index in [-0.39, 0.29) is 5.91 Å². The van der Waals surface area contributed by atoms with E-state index in [0.717, 1.165) is 11.3 Å². The van der Waals surface area contributed by atoms with Gasteiger partial charge in [-0.05, 0) is 24.5 Å². The number of hydrogen-bond donors (Lipinski definition) is 1. The fourth-order valence-electron chi connectivity index (χ4n) is 1.19. The Kier molecular flexibility index (Phi) is 3.63. The van der Waals surface area contributed by atoms with Crippen LogP contribution in [0, 0.1) is 12.8 Å². The van der Waals surface area contributed by atoms with Crippen LogP contribution in [-0.4, -0.2) is 10.9 Å². The molecule has 76 valence electrons. The molecule has 0 saturated carbocycles. The first kappa shape index (κ1) is 10.7. The third-order valence-electron chi connectivity index (χ3n) is 1.89. The van der Waals surface area contributed by atoms with Gasteiger partial charge in [-0.1, -0.05) is 13.8 Å². The van der Waals surface area contributed by atoms with Gasteiger partial charge in [0, 0.05) is 24.5 Å². The lowest BCUT2D eigenvalue weighted by atomic mass is 10.1. The maximum absolute atomic E-state index is 11.4. The molecule has 1 N–H and O–H groups in total. The Morgan fingerprint density at radius 3 is 2.86 bits per heavy atom. The average Bonchev–Trinajstić information content (AvgIpc) is 2.07. The van der Waals surface area contributed by atoms with E-state index in [0.29, 0.717) is 12.3 Å². The Labute approximate surface area is 84.6 Å². The second-order valence-electron chi connectivity index (χ2n) is 3.84. The third kappa shape index (κ3) is 3.17. The highest BCUT2D eigenvalue weighted by molar-refractivity contribution is 5.91. The van der Waals surface area contributed by atoms with E-state index in [9.17, 15) is 4.79 Å². The zero-order valence-corrected chi connectivity index (χ0v) is 8.87. The average molecular weight is 192 g/mol. The summed E-state index contributed by atoms with van der Waals surface area (Å²) >= 11 is 0. The van der Waals surface area contributed by atoms with Crippen molar-refractivity contribution in [1.82, 2.24) is 4.98 Å². The minimum absolute atomic E-state index is 0.0642. The Morgan fingerprint density at radius 1 is 1.57 bits per heavy atom. The molecule has 0 aliphatic carbocycles. The number of pyridine rings is 1. The number of hydrogen-bond acceptors (Lipinski definition) is 2. The number of carbonyl (C=O) groups is 1. The summed E-state index contributed by atoms with van der Waals surface area (Å²) in [6.45, 7) is 5.98. The summed E-state index contributed by atoms with van der Waals surface area (Å²) in [6, 6.07) is 1.81. The highest BCUT2D eigenvalue weighted by atomic mass is 16.1. The van der Waals surface area contributed by atoms with Gasteiger partial charge in [0.25, 0.3) is 0 Å². The van der Waals surface area contributed by atoms with E-state index < -0.39 is 0 Å². The van der Waals surface area contributed by atoms with Gasteiger partial charge in [-0.3, -0.25) is 9.78 Å². The molecule has 0 unspecified atom stereocenters. The summed E-state index contributed by atoms with van der Waals surface area (Å²) in [4.78, 5) is 15.4. The van der Waals surface area contributed by atoms with E-state index in [1.807, 2.05) is 26.8 Å². The lowest BCUT2D eigenvalue weighted by molar-refractivity contribution is -0.116. The lowest BCUT2D eigenvalue weighted by Crippen LogP contribution is -2.14.